The zero-order valence-corrected chi connectivity index (χ0v) is 29.4. The van der Waals surface area contributed by atoms with E-state index in [2.05, 4.69) is 205 Å². The minimum atomic E-state index is 0.885. The van der Waals surface area contributed by atoms with Crippen molar-refractivity contribution >= 4 is 82.1 Å². The molecule has 10 aromatic carbocycles. The highest BCUT2D eigenvalue weighted by Gasteiger charge is 2.18. The van der Waals surface area contributed by atoms with Crippen molar-refractivity contribution in [2.24, 2.45) is 0 Å². The smallest absolute Gasteiger partial charge is 0.143 e. The van der Waals surface area contributed by atoms with Crippen LogP contribution in [0.2, 0.25) is 0 Å². The summed E-state index contributed by atoms with van der Waals surface area (Å²) >= 11 is 0. The molecule has 0 fully saturated rings. The molecule has 1 aromatic heterocycles. The van der Waals surface area contributed by atoms with Gasteiger partial charge in [0.15, 0.2) is 0 Å². The van der Waals surface area contributed by atoms with Crippen LogP contribution in [0.5, 0.6) is 0 Å². The maximum atomic E-state index is 6.51. The molecule has 11 aromatic rings. The Morgan fingerprint density at radius 2 is 0.833 bits per heavy atom. The van der Waals surface area contributed by atoms with Crippen molar-refractivity contribution in [3.05, 3.63) is 200 Å². The van der Waals surface area contributed by atoms with Crippen LogP contribution in [-0.4, -0.2) is 0 Å². The third kappa shape index (κ3) is 4.96. The van der Waals surface area contributed by atoms with Crippen LogP contribution < -0.4 is 4.90 Å². The van der Waals surface area contributed by atoms with Gasteiger partial charge in [0.25, 0.3) is 0 Å². The molecule has 0 amide bonds. The Morgan fingerprint density at radius 3 is 1.65 bits per heavy atom. The van der Waals surface area contributed by atoms with Crippen molar-refractivity contribution in [3.8, 4) is 22.3 Å². The van der Waals surface area contributed by atoms with Crippen LogP contribution in [0.25, 0.3) is 87.3 Å². The molecule has 0 saturated carbocycles. The van der Waals surface area contributed by atoms with E-state index >= 15 is 0 Å². The van der Waals surface area contributed by atoms with Crippen LogP contribution in [0.15, 0.2) is 205 Å². The fraction of sp³-hybridized carbons (Fsp3) is 0. The average Bonchev–Trinajstić information content (AvgIpc) is 3.63. The summed E-state index contributed by atoms with van der Waals surface area (Å²) in [6, 6.07) is 72.3. The first kappa shape index (κ1) is 30.5. The normalized spacial score (nSPS) is 11.7. The number of rotatable bonds is 5. The monoisotopic (exact) mass is 687 g/mol. The minimum absolute atomic E-state index is 0.885. The van der Waals surface area contributed by atoms with E-state index in [1.165, 1.54) is 60.0 Å². The summed E-state index contributed by atoms with van der Waals surface area (Å²) in [5.74, 6) is 0. The van der Waals surface area contributed by atoms with E-state index in [0.717, 1.165) is 44.4 Å². The molecular weight excluding hydrogens is 655 g/mol. The fourth-order valence-electron chi connectivity index (χ4n) is 8.33. The molecule has 252 valence electrons. The molecule has 0 N–H and O–H groups in total. The second-order valence-electron chi connectivity index (χ2n) is 14.1. The zero-order chi connectivity index (χ0) is 35.6. The Bertz CT molecular complexity index is 3210. The van der Waals surface area contributed by atoms with Crippen LogP contribution in [0, 0.1) is 0 Å². The Hall–Kier alpha value is -7.16. The highest BCUT2D eigenvalue weighted by Crippen LogP contribution is 2.42. The van der Waals surface area contributed by atoms with Gasteiger partial charge in [0, 0.05) is 33.2 Å². The van der Waals surface area contributed by atoms with Gasteiger partial charge < -0.3 is 9.32 Å². The summed E-state index contributed by atoms with van der Waals surface area (Å²) in [5.41, 5.74) is 9.80. The SMILES string of the molecule is c1ccc(-c2cccc(N(c3ccc(-c4ccc5ccc6c7ccccc7ccc6c5c4)cc3)c3ccc4oc5c6ccccc6ccc5c4c3)c2)cc1. The molecular formula is C52H33NO. The van der Waals surface area contributed by atoms with Gasteiger partial charge in [-0.1, -0.05) is 146 Å². The molecule has 0 unspecified atom stereocenters. The van der Waals surface area contributed by atoms with E-state index in [1.54, 1.807) is 0 Å². The molecule has 0 aliphatic heterocycles. The highest BCUT2D eigenvalue weighted by molar-refractivity contribution is 6.18. The molecule has 0 bridgehead atoms. The van der Waals surface area contributed by atoms with Crippen molar-refractivity contribution in [1.29, 1.82) is 0 Å². The van der Waals surface area contributed by atoms with Crippen LogP contribution in [0.1, 0.15) is 0 Å². The van der Waals surface area contributed by atoms with Gasteiger partial charge in [0.2, 0.25) is 0 Å². The van der Waals surface area contributed by atoms with Crippen LogP contribution in [0.3, 0.4) is 0 Å². The lowest BCUT2D eigenvalue weighted by molar-refractivity contribution is 0.672. The molecule has 0 radical (unpaired) electrons. The lowest BCUT2D eigenvalue weighted by Crippen LogP contribution is -2.10. The summed E-state index contributed by atoms with van der Waals surface area (Å²) in [6.45, 7) is 0. The number of benzene rings is 10. The van der Waals surface area contributed by atoms with Crippen molar-refractivity contribution in [3.63, 3.8) is 0 Å². The van der Waals surface area contributed by atoms with Crippen molar-refractivity contribution in [1.82, 2.24) is 0 Å². The molecule has 0 aliphatic carbocycles. The first-order chi connectivity index (χ1) is 26.7. The second kappa shape index (κ2) is 12.2. The zero-order valence-electron chi connectivity index (χ0n) is 29.4. The summed E-state index contributed by atoms with van der Waals surface area (Å²) in [4.78, 5) is 2.36. The molecule has 0 aliphatic rings. The Balaban J connectivity index is 1.05. The Labute approximate surface area is 312 Å². The summed E-state index contributed by atoms with van der Waals surface area (Å²) < 4.78 is 6.51. The van der Waals surface area contributed by atoms with Gasteiger partial charge in [-0.25, -0.2) is 0 Å². The van der Waals surface area contributed by atoms with Crippen LogP contribution >= 0.6 is 0 Å². The molecule has 1 heterocycles. The average molecular weight is 688 g/mol. The lowest BCUT2D eigenvalue weighted by atomic mass is 9.94. The third-order valence-electron chi connectivity index (χ3n) is 11.0. The number of hydrogen-bond acceptors (Lipinski definition) is 2. The van der Waals surface area contributed by atoms with E-state index in [0.29, 0.717) is 0 Å². The van der Waals surface area contributed by atoms with Gasteiger partial charge >= 0.3 is 0 Å². The van der Waals surface area contributed by atoms with Crippen LogP contribution in [0.4, 0.5) is 17.1 Å². The number of fused-ring (bicyclic) bond motifs is 10. The lowest BCUT2D eigenvalue weighted by Gasteiger charge is -2.26. The minimum Gasteiger partial charge on any atom is -0.455 e. The van der Waals surface area contributed by atoms with Gasteiger partial charge in [-0.15, -0.1) is 0 Å². The molecule has 2 nitrogen and oxygen atoms in total. The van der Waals surface area contributed by atoms with Gasteiger partial charge in [0.1, 0.15) is 11.2 Å². The standard InChI is InChI=1S/C52H33NO/c1-2-9-34(10-3-1)39-13-8-14-42(31-39)53(43-26-30-51-50(33-43)48-29-23-37-12-5-7-16-45(37)52(48)54-51)41-24-19-35(20-25-41)40-18-17-38-22-27-46-44-15-6-4-11-36(44)21-28-47(46)49(38)32-40/h1-33H. The summed E-state index contributed by atoms with van der Waals surface area (Å²) in [6.07, 6.45) is 0. The Kier molecular flexibility index (Phi) is 6.90. The van der Waals surface area contributed by atoms with E-state index in [9.17, 15) is 0 Å². The van der Waals surface area contributed by atoms with Gasteiger partial charge in [-0.2, -0.15) is 0 Å². The molecule has 0 spiro atoms. The molecule has 11 rings (SSSR count). The van der Waals surface area contributed by atoms with Gasteiger partial charge in [0.05, 0.1) is 0 Å². The topological polar surface area (TPSA) is 16.4 Å². The molecule has 54 heavy (non-hydrogen) atoms. The Morgan fingerprint density at radius 1 is 0.278 bits per heavy atom. The van der Waals surface area contributed by atoms with Gasteiger partial charge in [-0.3, -0.25) is 0 Å². The largest absolute Gasteiger partial charge is 0.455 e. The number of nitrogens with zero attached hydrogens (tertiary/aromatic N) is 1. The van der Waals surface area contributed by atoms with E-state index in [-0.39, 0.29) is 0 Å². The predicted octanol–water partition coefficient (Wildman–Crippen LogP) is 15.0. The molecule has 0 atom stereocenters. The number of anilines is 3. The first-order valence-electron chi connectivity index (χ1n) is 18.5. The number of hydrogen-bond donors (Lipinski definition) is 0. The quantitative estimate of drug-likeness (QED) is 0.168. The number of furan rings is 1. The van der Waals surface area contributed by atoms with Crippen molar-refractivity contribution in [2.45, 2.75) is 0 Å². The molecule has 2 heteroatoms. The fourth-order valence-corrected chi connectivity index (χ4v) is 8.33. The maximum Gasteiger partial charge on any atom is 0.143 e. The first-order valence-corrected chi connectivity index (χ1v) is 18.5. The van der Waals surface area contributed by atoms with E-state index < -0.39 is 0 Å². The maximum absolute atomic E-state index is 6.51. The highest BCUT2D eigenvalue weighted by atomic mass is 16.3. The second-order valence-corrected chi connectivity index (χ2v) is 14.1. The third-order valence-corrected chi connectivity index (χ3v) is 11.0. The molecule has 0 saturated heterocycles. The van der Waals surface area contributed by atoms with Gasteiger partial charge in [-0.05, 0) is 115 Å². The summed E-state index contributed by atoms with van der Waals surface area (Å²) in [7, 11) is 0. The van der Waals surface area contributed by atoms with E-state index in [1.807, 2.05) is 0 Å². The van der Waals surface area contributed by atoms with Crippen LogP contribution in [-0.2, 0) is 0 Å². The van der Waals surface area contributed by atoms with Crippen molar-refractivity contribution in [2.75, 3.05) is 4.90 Å². The van der Waals surface area contributed by atoms with E-state index in [4.69, 9.17) is 4.42 Å². The predicted molar refractivity (Wildman–Crippen MR) is 229 cm³/mol. The summed E-state index contributed by atoms with van der Waals surface area (Å²) in [5, 5.41) is 12.2. The van der Waals surface area contributed by atoms with Crippen molar-refractivity contribution < 1.29 is 4.42 Å².